The third-order valence-electron chi connectivity index (χ3n) is 1.72. The molecule has 70 valence electrons. The predicted octanol–water partition coefficient (Wildman–Crippen LogP) is 2.52. The quantitative estimate of drug-likeness (QED) is 0.478. The van der Waals surface area contributed by atoms with Crippen molar-refractivity contribution in [3.05, 3.63) is 31.4 Å². The average molecular weight is 293 g/mol. The summed E-state index contributed by atoms with van der Waals surface area (Å²) in [6.45, 7) is 1.72. The minimum atomic E-state index is -0.403. The fraction of sp³-hybridized carbons (Fsp3) is 0.250. The Balaban J connectivity index is 3.33. The molecule has 1 aromatic carbocycles. The van der Waals surface area contributed by atoms with Crippen molar-refractivity contribution in [2.24, 2.45) is 0 Å². The van der Waals surface area contributed by atoms with Crippen molar-refractivity contribution in [1.29, 1.82) is 0 Å². The van der Waals surface area contributed by atoms with Crippen LogP contribution in [0.5, 0.6) is 5.75 Å². The normalized spacial score (nSPS) is 9.77. The summed E-state index contributed by atoms with van der Waals surface area (Å²) in [5, 5.41) is 10.6. The van der Waals surface area contributed by atoms with Gasteiger partial charge in [-0.1, -0.05) is 0 Å². The van der Waals surface area contributed by atoms with Crippen LogP contribution in [0.15, 0.2) is 12.1 Å². The fourth-order valence-corrected chi connectivity index (χ4v) is 1.53. The Kier molecular flexibility index (Phi) is 3.07. The van der Waals surface area contributed by atoms with Gasteiger partial charge >= 0.3 is 0 Å². The zero-order chi connectivity index (χ0) is 10.0. The van der Waals surface area contributed by atoms with E-state index in [1.54, 1.807) is 13.0 Å². The van der Waals surface area contributed by atoms with Gasteiger partial charge in [0, 0.05) is 9.13 Å². The number of rotatable bonds is 2. The minimum absolute atomic E-state index is 0.101. The summed E-state index contributed by atoms with van der Waals surface area (Å²) < 4.78 is 5.77. The first-order valence-corrected chi connectivity index (χ1v) is 4.62. The Hall–Kier alpha value is -0.850. The monoisotopic (exact) mass is 293 g/mol. The van der Waals surface area contributed by atoms with E-state index in [0.29, 0.717) is 11.3 Å². The molecule has 0 saturated carbocycles. The molecule has 4 nitrogen and oxygen atoms in total. The van der Waals surface area contributed by atoms with Crippen molar-refractivity contribution in [3.8, 4) is 5.75 Å². The van der Waals surface area contributed by atoms with E-state index < -0.39 is 4.92 Å². The molecule has 0 atom stereocenters. The second-order valence-electron chi connectivity index (χ2n) is 2.51. The van der Waals surface area contributed by atoms with Crippen LogP contribution in [-0.2, 0) is 0 Å². The SMILES string of the molecule is COc1cc(I)c(C)c([N+](=O)[O-])c1. The highest BCUT2D eigenvalue weighted by molar-refractivity contribution is 14.1. The van der Waals surface area contributed by atoms with E-state index in [9.17, 15) is 10.1 Å². The Morgan fingerprint density at radius 3 is 2.62 bits per heavy atom. The van der Waals surface area contributed by atoms with Crippen LogP contribution in [0.2, 0.25) is 0 Å². The van der Waals surface area contributed by atoms with Gasteiger partial charge in [-0.15, -0.1) is 0 Å². The summed E-state index contributed by atoms with van der Waals surface area (Å²) in [6.07, 6.45) is 0. The molecule has 0 bridgehead atoms. The number of ether oxygens (including phenoxy) is 1. The van der Waals surface area contributed by atoms with Gasteiger partial charge in [-0.3, -0.25) is 10.1 Å². The Morgan fingerprint density at radius 1 is 1.54 bits per heavy atom. The first kappa shape index (κ1) is 10.2. The van der Waals surface area contributed by atoms with Gasteiger partial charge in [0.25, 0.3) is 5.69 Å². The van der Waals surface area contributed by atoms with E-state index in [4.69, 9.17) is 4.74 Å². The van der Waals surface area contributed by atoms with Gasteiger partial charge in [0.05, 0.1) is 18.1 Å². The maximum atomic E-state index is 10.6. The molecule has 0 aliphatic heterocycles. The molecule has 1 rings (SSSR count). The van der Waals surface area contributed by atoms with Crippen molar-refractivity contribution in [1.82, 2.24) is 0 Å². The van der Waals surface area contributed by atoms with E-state index in [2.05, 4.69) is 0 Å². The third kappa shape index (κ3) is 2.09. The van der Waals surface area contributed by atoms with E-state index in [-0.39, 0.29) is 5.69 Å². The van der Waals surface area contributed by atoms with E-state index in [0.717, 1.165) is 3.57 Å². The highest BCUT2D eigenvalue weighted by Gasteiger charge is 2.14. The fourth-order valence-electron chi connectivity index (χ4n) is 0.948. The molecule has 5 heteroatoms. The van der Waals surface area contributed by atoms with Crippen molar-refractivity contribution in [2.45, 2.75) is 6.92 Å². The number of hydrogen-bond donors (Lipinski definition) is 0. The summed E-state index contributed by atoms with van der Waals surface area (Å²) in [5.74, 6) is 0.515. The zero-order valence-corrected chi connectivity index (χ0v) is 9.36. The van der Waals surface area contributed by atoms with Gasteiger partial charge < -0.3 is 4.74 Å². The molecule has 0 aliphatic rings. The van der Waals surface area contributed by atoms with Crippen molar-refractivity contribution >= 4 is 28.3 Å². The predicted molar refractivity (Wildman–Crippen MR) is 57.1 cm³/mol. The lowest BCUT2D eigenvalue weighted by Crippen LogP contribution is -1.95. The van der Waals surface area contributed by atoms with Crippen LogP contribution in [0, 0.1) is 20.6 Å². The van der Waals surface area contributed by atoms with Gasteiger partial charge in [0.1, 0.15) is 5.75 Å². The van der Waals surface area contributed by atoms with Crippen LogP contribution in [0.1, 0.15) is 5.56 Å². The number of benzene rings is 1. The van der Waals surface area contributed by atoms with Crippen LogP contribution < -0.4 is 4.74 Å². The number of nitro groups is 1. The van der Waals surface area contributed by atoms with E-state index in [1.165, 1.54) is 13.2 Å². The summed E-state index contributed by atoms with van der Waals surface area (Å²) >= 11 is 2.05. The first-order chi connectivity index (χ1) is 6.06. The summed E-state index contributed by atoms with van der Waals surface area (Å²) in [4.78, 5) is 10.2. The Labute approximate surface area is 89.2 Å². The molecule has 0 spiro atoms. The molecule has 0 aliphatic carbocycles. The Bertz CT molecular complexity index is 351. The number of hydrogen-bond acceptors (Lipinski definition) is 3. The molecular formula is C8H8INO3. The zero-order valence-electron chi connectivity index (χ0n) is 7.20. The maximum Gasteiger partial charge on any atom is 0.277 e. The van der Waals surface area contributed by atoms with Crippen molar-refractivity contribution in [2.75, 3.05) is 7.11 Å². The number of nitro benzene ring substituents is 1. The van der Waals surface area contributed by atoms with E-state index >= 15 is 0 Å². The number of halogens is 1. The molecule has 0 fully saturated rings. The highest BCUT2D eigenvalue weighted by atomic mass is 127. The van der Waals surface area contributed by atoms with Crippen LogP contribution >= 0.6 is 22.6 Å². The summed E-state index contributed by atoms with van der Waals surface area (Å²) in [7, 11) is 1.49. The largest absolute Gasteiger partial charge is 0.496 e. The van der Waals surface area contributed by atoms with E-state index in [1.807, 2.05) is 22.6 Å². The van der Waals surface area contributed by atoms with Gasteiger partial charge in [-0.05, 0) is 35.6 Å². The molecule has 13 heavy (non-hydrogen) atoms. The molecule has 0 unspecified atom stereocenters. The van der Waals surface area contributed by atoms with Gasteiger partial charge in [-0.2, -0.15) is 0 Å². The second kappa shape index (κ2) is 3.91. The third-order valence-corrected chi connectivity index (χ3v) is 2.84. The molecule has 0 radical (unpaired) electrons. The molecule has 0 heterocycles. The molecular weight excluding hydrogens is 285 g/mol. The van der Waals surface area contributed by atoms with Crippen molar-refractivity contribution in [3.63, 3.8) is 0 Å². The van der Waals surface area contributed by atoms with Crippen LogP contribution in [0.4, 0.5) is 5.69 Å². The van der Waals surface area contributed by atoms with Crippen LogP contribution in [0.25, 0.3) is 0 Å². The lowest BCUT2D eigenvalue weighted by molar-refractivity contribution is -0.385. The maximum absolute atomic E-state index is 10.6. The highest BCUT2D eigenvalue weighted by Crippen LogP contribution is 2.28. The van der Waals surface area contributed by atoms with Gasteiger partial charge in [0.2, 0.25) is 0 Å². The van der Waals surface area contributed by atoms with Gasteiger partial charge in [0.15, 0.2) is 0 Å². The van der Waals surface area contributed by atoms with Gasteiger partial charge in [-0.25, -0.2) is 0 Å². The lowest BCUT2D eigenvalue weighted by atomic mass is 10.2. The minimum Gasteiger partial charge on any atom is -0.496 e. The number of methoxy groups -OCH3 is 1. The first-order valence-electron chi connectivity index (χ1n) is 3.54. The average Bonchev–Trinajstić information content (AvgIpc) is 2.09. The molecule has 1 aromatic rings. The van der Waals surface area contributed by atoms with Crippen LogP contribution in [0.3, 0.4) is 0 Å². The number of nitrogens with zero attached hydrogens (tertiary/aromatic N) is 1. The Morgan fingerprint density at radius 2 is 2.15 bits per heavy atom. The molecule has 0 saturated heterocycles. The summed E-state index contributed by atoms with van der Waals surface area (Å²) in [6, 6.07) is 3.19. The summed E-state index contributed by atoms with van der Waals surface area (Å²) in [5.41, 5.74) is 0.773. The second-order valence-corrected chi connectivity index (χ2v) is 3.67. The molecule has 0 amide bonds. The molecule has 0 N–H and O–H groups in total. The topological polar surface area (TPSA) is 52.4 Å². The lowest BCUT2D eigenvalue weighted by Gasteiger charge is -2.03. The standard InChI is InChI=1S/C8H8INO3/c1-5-7(9)3-6(13-2)4-8(5)10(11)12/h3-4H,1-2H3. The smallest absolute Gasteiger partial charge is 0.277 e. The van der Waals surface area contributed by atoms with Crippen LogP contribution in [-0.4, -0.2) is 12.0 Å². The molecule has 0 aromatic heterocycles. The van der Waals surface area contributed by atoms with Crippen molar-refractivity contribution < 1.29 is 9.66 Å².